The van der Waals surface area contributed by atoms with Gasteiger partial charge in [-0.3, -0.25) is 0 Å². The molecule has 1 heterocycles. The van der Waals surface area contributed by atoms with Gasteiger partial charge in [0.05, 0.1) is 5.02 Å². The van der Waals surface area contributed by atoms with Gasteiger partial charge in [0.25, 0.3) is 0 Å². The number of halogens is 2. The third-order valence-corrected chi connectivity index (χ3v) is 6.76. The summed E-state index contributed by atoms with van der Waals surface area (Å²) >= 11 is 5.81. The van der Waals surface area contributed by atoms with E-state index in [4.69, 9.17) is 21.1 Å². The van der Waals surface area contributed by atoms with Gasteiger partial charge in [-0.2, -0.15) is 0 Å². The number of aliphatic hydroxyl groups is 1. The van der Waals surface area contributed by atoms with Crippen molar-refractivity contribution in [3.05, 3.63) is 70.0 Å². The number of hydrogen-bond donors (Lipinski definition) is 1. The third-order valence-electron chi connectivity index (χ3n) is 6.45. The Balaban J connectivity index is 1.50. The maximum atomic E-state index is 13.8. The van der Waals surface area contributed by atoms with Crippen molar-refractivity contribution < 1.29 is 19.0 Å². The molecule has 1 aliphatic heterocycles. The molecule has 184 valence electrons. The number of ether oxygens (including phenoxy) is 2. The second kappa shape index (κ2) is 13.4. The topological polar surface area (TPSA) is 41.9 Å². The van der Waals surface area contributed by atoms with E-state index in [1.54, 1.807) is 6.07 Å². The number of nitrogens with zero attached hydrogens (tertiary/aromatic N) is 1. The Morgan fingerprint density at radius 3 is 2.85 bits per heavy atom. The molecule has 0 spiro atoms. The molecule has 4 nitrogen and oxygen atoms in total. The fourth-order valence-electron chi connectivity index (χ4n) is 4.68. The molecule has 3 rings (SSSR count). The molecule has 1 fully saturated rings. The number of aliphatic hydroxyl groups excluding tert-OH is 1. The Hall–Kier alpha value is -1.73. The van der Waals surface area contributed by atoms with Crippen molar-refractivity contribution in [2.75, 3.05) is 26.3 Å². The summed E-state index contributed by atoms with van der Waals surface area (Å²) in [5, 5.41) is 10.8. The van der Waals surface area contributed by atoms with E-state index in [0.29, 0.717) is 13.2 Å². The van der Waals surface area contributed by atoms with Crippen molar-refractivity contribution in [3.63, 3.8) is 0 Å². The summed E-state index contributed by atoms with van der Waals surface area (Å²) in [5.74, 6) is -0.381. The zero-order valence-electron chi connectivity index (χ0n) is 20.3. The van der Waals surface area contributed by atoms with Crippen molar-refractivity contribution in [1.29, 1.82) is 0 Å². The SMILES string of the molecule is B=C(CCc1ccccc1[C@@H](C)OC[C@H](O)CN1CCC[C@H]1Cc1ccc(Cl)c(F)c1)OCC. The van der Waals surface area contributed by atoms with Gasteiger partial charge in [0.15, 0.2) is 0 Å². The summed E-state index contributed by atoms with van der Waals surface area (Å²) in [4.78, 5) is 2.29. The van der Waals surface area contributed by atoms with Gasteiger partial charge >= 0.3 is 139 Å². The standard InChI is InChI=1S/C27H36BClFNO3/c1-3-33-27(28)13-11-21-7-4-5-9-24(21)19(2)34-18-23(32)17-31-14-6-8-22(31)15-20-10-12-25(29)26(30)16-20/h4-5,7,9-10,12,16,19,22-23,28,32H,3,6,8,11,13-15,17-18H2,1-2H3/t19-,22+,23-/m1/s1. The van der Waals surface area contributed by atoms with Crippen LogP contribution >= 0.6 is 11.6 Å². The summed E-state index contributed by atoms with van der Waals surface area (Å²) < 4.78 is 25.4. The minimum absolute atomic E-state index is 0.127. The summed E-state index contributed by atoms with van der Waals surface area (Å²) in [5.41, 5.74) is 4.06. The molecule has 1 N–H and O–H groups in total. The van der Waals surface area contributed by atoms with E-state index in [2.05, 4.69) is 24.5 Å². The van der Waals surface area contributed by atoms with Gasteiger partial charge in [-0.05, 0) is 37.0 Å². The molecule has 0 aromatic heterocycles. The summed E-state index contributed by atoms with van der Waals surface area (Å²) in [6, 6.07) is 13.5. The Morgan fingerprint density at radius 2 is 2.09 bits per heavy atom. The molecular weight excluding hydrogens is 452 g/mol. The van der Waals surface area contributed by atoms with Crippen LogP contribution in [0.5, 0.6) is 0 Å². The average molecular weight is 488 g/mol. The monoisotopic (exact) mass is 487 g/mol. The molecule has 0 aliphatic carbocycles. The van der Waals surface area contributed by atoms with E-state index in [-0.39, 0.29) is 29.6 Å². The quantitative estimate of drug-likeness (QED) is 0.419. The summed E-state index contributed by atoms with van der Waals surface area (Å²) in [6.45, 7) is 6.36. The van der Waals surface area contributed by atoms with E-state index < -0.39 is 6.10 Å². The zero-order valence-corrected chi connectivity index (χ0v) is 21.1. The molecule has 7 heteroatoms. The Kier molecular flexibility index (Phi) is 10.6. The van der Waals surface area contributed by atoms with Crippen LogP contribution in [0.15, 0.2) is 42.5 Å². The molecule has 2 aromatic carbocycles. The first-order valence-corrected chi connectivity index (χ1v) is 12.6. The molecule has 0 radical (unpaired) electrons. The van der Waals surface area contributed by atoms with Gasteiger partial charge in [0, 0.05) is 0 Å². The fourth-order valence-corrected chi connectivity index (χ4v) is 4.80. The number of β-amino-alcohol motifs (C(OH)–C–C–N with tert-alkyl or cyclic N) is 1. The van der Waals surface area contributed by atoms with Gasteiger partial charge in [-0.1, -0.05) is 17.7 Å². The first-order valence-electron chi connectivity index (χ1n) is 12.2. The Morgan fingerprint density at radius 1 is 1.29 bits per heavy atom. The number of aryl methyl sites for hydroxylation is 1. The van der Waals surface area contributed by atoms with E-state index in [1.165, 1.54) is 11.6 Å². The molecule has 0 saturated carbocycles. The van der Waals surface area contributed by atoms with Gasteiger partial charge in [-0.25, -0.2) is 4.39 Å². The average Bonchev–Trinajstić information content (AvgIpc) is 3.25. The number of likely N-dealkylation sites (tertiary alicyclic amines) is 1. The van der Waals surface area contributed by atoms with Crippen LogP contribution in [0.3, 0.4) is 0 Å². The van der Waals surface area contributed by atoms with Crippen molar-refractivity contribution in [1.82, 2.24) is 4.90 Å². The predicted molar refractivity (Wildman–Crippen MR) is 139 cm³/mol. The fraction of sp³-hybridized carbons (Fsp3) is 0.519. The van der Waals surface area contributed by atoms with Crippen LogP contribution in [0.2, 0.25) is 5.02 Å². The Bertz CT molecular complexity index is 944. The molecule has 1 saturated heterocycles. The second-order valence-corrected chi connectivity index (χ2v) is 9.45. The summed E-state index contributed by atoms with van der Waals surface area (Å²) in [6.07, 6.45) is 3.76. The molecule has 0 unspecified atom stereocenters. The van der Waals surface area contributed by atoms with Crippen LogP contribution < -0.4 is 0 Å². The Labute approximate surface area is 209 Å². The molecule has 0 bridgehead atoms. The molecule has 1 aliphatic rings. The van der Waals surface area contributed by atoms with Gasteiger partial charge in [0.1, 0.15) is 5.82 Å². The number of benzene rings is 2. The van der Waals surface area contributed by atoms with Crippen molar-refractivity contribution in [3.8, 4) is 0 Å². The van der Waals surface area contributed by atoms with Gasteiger partial charge in [0.2, 0.25) is 0 Å². The van der Waals surface area contributed by atoms with Crippen LogP contribution in [0, 0.1) is 5.82 Å². The van der Waals surface area contributed by atoms with E-state index in [0.717, 1.165) is 55.4 Å². The van der Waals surface area contributed by atoms with Gasteiger partial charge < -0.3 is 0 Å². The van der Waals surface area contributed by atoms with E-state index >= 15 is 0 Å². The van der Waals surface area contributed by atoms with Gasteiger partial charge in [-0.15, -0.1) is 0 Å². The maximum absolute atomic E-state index is 13.8. The van der Waals surface area contributed by atoms with Crippen molar-refractivity contribution in [2.24, 2.45) is 0 Å². The summed E-state index contributed by atoms with van der Waals surface area (Å²) in [7, 11) is 3.97. The normalized spacial score (nSPS) is 18.1. The molecule has 3 atom stereocenters. The molecule has 34 heavy (non-hydrogen) atoms. The van der Waals surface area contributed by atoms with Crippen molar-refractivity contribution in [2.45, 2.75) is 64.2 Å². The molecule has 2 aromatic rings. The van der Waals surface area contributed by atoms with Crippen LogP contribution in [-0.4, -0.2) is 61.6 Å². The minimum atomic E-state index is -0.588. The molecular formula is C27H36BClFNO3. The first kappa shape index (κ1) is 26.9. The second-order valence-electron chi connectivity index (χ2n) is 9.04. The van der Waals surface area contributed by atoms with Crippen molar-refractivity contribution >= 4 is 24.7 Å². The van der Waals surface area contributed by atoms with Crippen LogP contribution in [0.4, 0.5) is 4.39 Å². The van der Waals surface area contributed by atoms with Crippen LogP contribution in [0.25, 0.3) is 0 Å². The first-order chi connectivity index (χ1) is 16.4. The van der Waals surface area contributed by atoms with E-state index in [1.807, 2.05) is 32.0 Å². The number of rotatable bonds is 13. The predicted octanol–water partition coefficient (Wildman–Crippen LogP) is 4.62. The zero-order chi connectivity index (χ0) is 24.5. The molecule has 0 amide bonds. The number of hydrogen-bond acceptors (Lipinski definition) is 4. The third kappa shape index (κ3) is 7.91. The van der Waals surface area contributed by atoms with Crippen LogP contribution in [0.1, 0.15) is 55.9 Å². The van der Waals surface area contributed by atoms with E-state index in [9.17, 15) is 9.50 Å². The van der Waals surface area contributed by atoms with Crippen LogP contribution in [-0.2, 0) is 22.3 Å².